The number of nitrogens with zero attached hydrogens (tertiary/aromatic N) is 1. The number of nitrogens with one attached hydrogen (secondary N) is 1. The molecule has 0 spiro atoms. The van der Waals surface area contributed by atoms with Gasteiger partial charge in [0.15, 0.2) is 5.75 Å². The van der Waals surface area contributed by atoms with E-state index in [0.29, 0.717) is 5.52 Å². The van der Waals surface area contributed by atoms with Crippen molar-refractivity contribution < 1.29 is 47.1 Å². The molecule has 1 aromatic heterocycles. The van der Waals surface area contributed by atoms with E-state index < -0.39 is 31.8 Å². The van der Waals surface area contributed by atoms with Crippen LogP contribution in [-0.2, 0) is 28.8 Å². The summed E-state index contributed by atoms with van der Waals surface area (Å²) in [5.74, 6) is 4.73. The molecule has 0 fully saturated rings. The third-order valence-electron chi connectivity index (χ3n) is 4.53. The number of Topliss-reactive ketones (excluding diaryl/α,β-unsaturated/α-hetero) is 1. The van der Waals surface area contributed by atoms with Crippen LogP contribution in [0.3, 0.4) is 0 Å². The minimum absolute atomic E-state index is 0.00472. The van der Waals surface area contributed by atoms with Crippen LogP contribution in [0.5, 0.6) is 5.75 Å². The van der Waals surface area contributed by atoms with Gasteiger partial charge >= 0.3 is 20.2 Å². The Labute approximate surface area is 168 Å². The molecule has 4 rings (SSSR count). The Kier molecular flexibility index (Phi) is 4.50. The summed E-state index contributed by atoms with van der Waals surface area (Å²) in [5, 5.41) is 10.7. The third kappa shape index (κ3) is 2.98. The Bertz CT molecular complexity index is 1470. The molecule has 156 valence electrons. The molecular formula is C16H14N4O8S2+2. The Hall–Kier alpha value is -3.14. The number of hydrogen-bond acceptors (Lipinski definition) is 9. The average molecular weight is 454 g/mol. The highest BCUT2D eigenvalue weighted by Gasteiger charge is 2.32. The van der Waals surface area contributed by atoms with Gasteiger partial charge in [0.1, 0.15) is 11.4 Å². The molecule has 0 radical (unpaired) electrons. The first kappa shape index (κ1) is 20.1. The fourth-order valence-corrected chi connectivity index (χ4v) is 4.30. The number of aromatic amines is 1. The van der Waals surface area contributed by atoms with Gasteiger partial charge in [0.25, 0.3) is 0 Å². The molecule has 1 aliphatic rings. The van der Waals surface area contributed by atoms with Crippen LogP contribution in [0.1, 0.15) is 16.1 Å². The van der Waals surface area contributed by atoms with Gasteiger partial charge in [-0.2, -0.15) is 28.6 Å². The van der Waals surface area contributed by atoms with Crippen molar-refractivity contribution >= 4 is 48.3 Å². The molecule has 0 unspecified atom stereocenters. The van der Waals surface area contributed by atoms with Gasteiger partial charge in [-0.3, -0.25) is 4.79 Å². The highest BCUT2D eigenvalue weighted by molar-refractivity contribution is 7.86. The molecule has 1 aliphatic heterocycles. The van der Waals surface area contributed by atoms with Crippen molar-refractivity contribution in [1.29, 1.82) is 0 Å². The van der Waals surface area contributed by atoms with Gasteiger partial charge in [-0.25, -0.2) is 4.99 Å². The normalized spacial score (nSPS) is 14.2. The van der Waals surface area contributed by atoms with E-state index in [1.807, 2.05) is 0 Å². The molecule has 0 amide bonds. The predicted octanol–water partition coefficient (Wildman–Crippen LogP) is -1.08. The van der Waals surface area contributed by atoms with E-state index in [1.165, 1.54) is 24.3 Å². The number of fused-ring (bicyclic) bond motifs is 2. The van der Waals surface area contributed by atoms with E-state index in [1.54, 1.807) is 0 Å². The van der Waals surface area contributed by atoms with Crippen LogP contribution in [0, 0.1) is 0 Å². The van der Waals surface area contributed by atoms with Gasteiger partial charge in [0, 0.05) is 10.9 Å². The van der Waals surface area contributed by atoms with Crippen LogP contribution >= 0.6 is 0 Å². The van der Waals surface area contributed by atoms with Gasteiger partial charge in [-0.15, -0.1) is 0 Å². The van der Waals surface area contributed by atoms with Crippen LogP contribution in [0.2, 0.25) is 0 Å². The number of H-pyrrole nitrogens is 1. The Morgan fingerprint density at radius 3 is 2.17 bits per heavy atom. The lowest BCUT2D eigenvalue weighted by Crippen LogP contribution is -2.51. The zero-order valence-electron chi connectivity index (χ0n) is 14.9. The fourth-order valence-electron chi connectivity index (χ4n) is 3.04. The number of quaternary nitrogens is 2. The van der Waals surface area contributed by atoms with Crippen LogP contribution in [-0.4, -0.2) is 38.4 Å². The van der Waals surface area contributed by atoms with Crippen molar-refractivity contribution in [2.75, 3.05) is 0 Å². The zero-order valence-corrected chi connectivity index (χ0v) is 16.6. The van der Waals surface area contributed by atoms with Crippen molar-refractivity contribution in [3.63, 3.8) is 0 Å². The van der Waals surface area contributed by atoms with Crippen molar-refractivity contribution in [2.24, 2.45) is 4.99 Å². The van der Waals surface area contributed by atoms with E-state index in [-0.39, 0.29) is 37.8 Å². The topological polar surface area (TPSA) is 207 Å². The minimum atomic E-state index is -4.12. The van der Waals surface area contributed by atoms with Crippen molar-refractivity contribution in [2.45, 2.75) is 9.79 Å². The summed E-state index contributed by atoms with van der Waals surface area (Å²) in [6.45, 7) is 0. The van der Waals surface area contributed by atoms with Gasteiger partial charge < -0.3 is 10.1 Å². The number of carbonyl (C=O) groups excluding carboxylic acids is 1. The molecule has 3 aromatic rings. The standard InChI is InChI=1S/C16H12N4O8S2/c17-27-29(23,24)7-1-3-11-9(5-7)15(21)13(19-11)14-16(22)10-6-8(30(25,26)28-18)2-4-12(10)20-14/h1-6H,17-18H3/p+2. The largest absolute Gasteiger partial charge is 0.505 e. The number of aromatic nitrogens is 1. The fraction of sp³-hybridized carbons (Fsp3) is 0. The van der Waals surface area contributed by atoms with Gasteiger partial charge in [-0.05, 0) is 36.4 Å². The van der Waals surface area contributed by atoms with Gasteiger partial charge in [0.2, 0.25) is 5.78 Å². The van der Waals surface area contributed by atoms with Crippen LogP contribution in [0.4, 0.5) is 5.69 Å². The molecule has 2 heterocycles. The molecule has 0 saturated heterocycles. The molecular weight excluding hydrogens is 440 g/mol. The summed E-state index contributed by atoms with van der Waals surface area (Å²) in [7, 11) is -8.22. The Balaban J connectivity index is 1.81. The number of carbonyl (C=O) groups is 1. The summed E-state index contributed by atoms with van der Waals surface area (Å²) < 4.78 is 55.7. The predicted molar refractivity (Wildman–Crippen MR) is 99.3 cm³/mol. The number of ketones is 1. The van der Waals surface area contributed by atoms with E-state index in [9.17, 15) is 26.7 Å². The summed E-state index contributed by atoms with van der Waals surface area (Å²) in [6.07, 6.45) is 0. The third-order valence-corrected chi connectivity index (χ3v) is 6.81. The Morgan fingerprint density at radius 1 is 0.933 bits per heavy atom. The van der Waals surface area contributed by atoms with Gasteiger partial charge in [0.05, 0.1) is 21.0 Å². The zero-order chi connectivity index (χ0) is 21.8. The van der Waals surface area contributed by atoms with Crippen molar-refractivity contribution in [3.05, 3.63) is 47.7 Å². The van der Waals surface area contributed by atoms with Gasteiger partial charge in [-0.1, -0.05) is 8.57 Å². The molecule has 0 atom stereocenters. The van der Waals surface area contributed by atoms with Crippen molar-refractivity contribution in [3.8, 4) is 5.75 Å². The first-order valence-electron chi connectivity index (χ1n) is 8.09. The average Bonchev–Trinajstić information content (AvgIpc) is 3.24. The number of benzene rings is 2. The van der Waals surface area contributed by atoms with Crippen LogP contribution in [0.15, 0.2) is 51.2 Å². The smallest absolute Gasteiger partial charge is 0.342 e. The van der Waals surface area contributed by atoms with E-state index >= 15 is 0 Å². The maximum atomic E-state index is 12.8. The summed E-state index contributed by atoms with van der Waals surface area (Å²) >= 11 is 0. The second-order valence-electron chi connectivity index (χ2n) is 6.17. The lowest BCUT2D eigenvalue weighted by atomic mass is 10.1. The monoisotopic (exact) mass is 454 g/mol. The molecule has 0 bridgehead atoms. The lowest BCUT2D eigenvalue weighted by Gasteiger charge is -2.01. The Morgan fingerprint density at radius 2 is 1.53 bits per heavy atom. The quantitative estimate of drug-likeness (QED) is 0.347. The summed E-state index contributed by atoms with van der Waals surface area (Å²) in [6, 6.07) is 7.42. The summed E-state index contributed by atoms with van der Waals surface area (Å²) in [4.78, 5) is 19.3. The number of hydrogen-bond donors (Lipinski definition) is 4. The van der Waals surface area contributed by atoms with Crippen molar-refractivity contribution in [1.82, 2.24) is 4.98 Å². The SMILES string of the molecule is [NH3+]OS(=O)(=O)c1ccc2c(c1)C(=O)C(c1[nH]c3ccc(S(=O)(=O)O[NH3+])cc3c1O)=N2. The molecule has 14 heteroatoms. The molecule has 12 nitrogen and oxygen atoms in total. The molecule has 2 aromatic carbocycles. The first-order valence-corrected chi connectivity index (χ1v) is 10.9. The molecule has 8 N–H and O–H groups in total. The van der Waals surface area contributed by atoms with E-state index in [4.69, 9.17) is 0 Å². The number of aliphatic imine (C=N–C) groups is 1. The maximum Gasteiger partial charge on any atom is 0.342 e. The second-order valence-corrected chi connectivity index (χ2v) is 9.40. The summed E-state index contributed by atoms with van der Waals surface area (Å²) in [5.41, 5.74) is 0.320. The first-order chi connectivity index (χ1) is 14.1. The van der Waals surface area contributed by atoms with E-state index in [2.05, 4.69) is 30.3 Å². The number of aromatic hydroxyl groups is 1. The molecule has 0 aliphatic carbocycles. The second kappa shape index (κ2) is 6.69. The lowest BCUT2D eigenvalue weighted by molar-refractivity contribution is -0.635. The van der Waals surface area contributed by atoms with Crippen LogP contribution < -0.4 is 11.8 Å². The number of rotatable bonds is 5. The molecule has 0 saturated carbocycles. The maximum absolute atomic E-state index is 12.8. The van der Waals surface area contributed by atoms with E-state index in [0.717, 1.165) is 12.1 Å². The highest BCUT2D eigenvalue weighted by atomic mass is 32.2. The minimum Gasteiger partial charge on any atom is -0.505 e. The molecule has 30 heavy (non-hydrogen) atoms. The van der Waals surface area contributed by atoms with Crippen LogP contribution in [0.25, 0.3) is 10.9 Å². The highest BCUT2D eigenvalue weighted by Crippen LogP contribution is 2.36.